The smallest absolute Gasteiger partial charge is 0.252 e. The normalized spacial score (nSPS) is 10.3. The second-order valence-corrected chi connectivity index (χ2v) is 5.99. The van der Waals surface area contributed by atoms with Crippen molar-refractivity contribution in [1.82, 2.24) is 5.32 Å². The first-order chi connectivity index (χ1) is 9.58. The summed E-state index contributed by atoms with van der Waals surface area (Å²) >= 11 is 7.68. The van der Waals surface area contributed by atoms with Crippen LogP contribution in [-0.4, -0.2) is 12.5 Å². The van der Waals surface area contributed by atoms with Crippen molar-refractivity contribution in [2.45, 2.75) is 18.2 Å². The lowest BCUT2D eigenvalue weighted by Crippen LogP contribution is -2.26. The van der Waals surface area contributed by atoms with Gasteiger partial charge in [0, 0.05) is 15.9 Å². The summed E-state index contributed by atoms with van der Waals surface area (Å²) in [5.74, 6) is -0.0870. The first kappa shape index (κ1) is 15.1. The summed E-state index contributed by atoms with van der Waals surface area (Å²) in [6, 6.07) is 13.6. The summed E-state index contributed by atoms with van der Waals surface area (Å²) in [4.78, 5) is 12.8. The molecule has 2 rings (SSSR count). The van der Waals surface area contributed by atoms with Gasteiger partial charge in [-0.2, -0.15) is 0 Å². The lowest BCUT2D eigenvalue weighted by molar-refractivity contribution is 0.0951. The SMILES string of the molecule is Cc1ccccc1CCNC(=O)c1ccc(Br)cc1S. The van der Waals surface area contributed by atoms with Crippen LogP contribution in [0, 0.1) is 6.92 Å². The maximum Gasteiger partial charge on any atom is 0.252 e. The molecule has 1 amide bonds. The number of aryl methyl sites for hydroxylation is 1. The summed E-state index contributed by atoms with van der Waals surface area (Å²) < 4.78 is 0.916. The molecule has 0 fully saturated rings. The van der Waals surface area contributed by atoms with Gasteiger partial charge in [-0.3, -0.25) is 4.79 Å². The highest BCUT2D eigenvalue weighted by atomic mass is 79.9. The van der Waals surface area contributed by atoms with E-state index in [2.05, 4.69) is 52.9 Å². The fourth-order valence-corrected chi connectivity index (χ4v) is 2.85. The van der Waals surface area contributed by atoms with E-state index in [0.717, 1.165) is 10.9 Å². The number of halogens is 1. The molecule has 0 aromatic heterocycles. The molecule has 0 aliphatic rings. The molecule has 104 valence electrons. The Kier molecular flexibility index (Phi) is 5.26. The Morgan fingerprint density at radius 2 is 2.00 bits per heavy atom. The fourth-order valence-electron chi connectivity index (χ4n) is 1.99. The molecule has 20 heavy (non-hydrogen) atoms. The van der Waals surface area contributed by atoms with Crippen molar-refractivity contribution in [3.63, 3.8) is 0 Å². The second-order valence-electron chi connectivity index (χ2n) is 4.59. The molecule has 0 bridgehead atoms. The van der Waals surface area contributed by atoms with Crippen LogP contribution < -0.4 is 5.32 Å². The van der Waals surface area contributed by atoms with Gasteiger partial charge in [-0.25, -0.2) is 0 Å². The number of thiol groups is 1. The Hall–Kier alpha value is -1.26. The van der Waals surface area contributed by atoms with Gasteiger partial charge in [-0.15, -0.1) is 12.6 Å². The third-order valence-corrected chi connectivity index (χ3v) is 4.01. The number of carbonyl (C=O) groups is 1. The van der Waals surface area contributed by atoms with E-state index in [0.29, 0.717) is 17.0 Å². The predicted octanol–water partition coefficient (Wildman–Crippen LogP) is 4.02. The highest BCUT2D eigenvalue weighted by Crippen LogP contribution is 2.19. The first-order valence-corrected chi connectivity index (χ1v) is 7.63. The van der Waals surface area contributed by atoms with Gasteiger partial charge in [0.1, 0.15) is 0 Å². The molecule has 0 saturated carbocycles. The molecule has 0 unspecified atom stereocenters. The van der Waals surface area contributed by atoms with Crippen LogP contribution in [0.2, 0.25) is 0 Å². The van der Waals surface area contributed by atoms with Crippen LogP contribution in [0.3, 0.4) is 0 Å². The van der Waals surface area contributed by atoms with Gasteiger partial charge < -0.3 is 5.32 Å². The van der Waals surface area contributed by atoms with E-state index in [-0.39, 0.29) is 5.91 Å². The molecule has 2 nitrogen and oxygen atoms in total. The number of hydrogen-bond donors (Lipinski definition) is 2. The van der Waals surface area contributed by atoms with E-state index in [9.17, 15) is 4.79 Å². The zero-order valence-corrected chi connectivity index (χ0v) is 13.7. The lowest BCUT2D eigenvalue weighted by Gasteiger charge is -2.09. The highest BCUT2D eigenvalue weighted by molar-refractivity contribution is 9.10. The molecule has 0 radical (unpaired) electrons. The molecule has 2 aromatic rings. The van der Waals surface area contributed by atoms with Gasteiger partial charge in [-0.05, 0) is 42.7 Å². The van der Waals surface area contributed by atoms with Crippen LogP contribution >= 0.6 is 28.6 Å². The van der Waals surface area contributed by atoms with E-state index in [1.165, 1.54) is 11.1 Å². The number of rotatable bonds is 4. The zero-order chi connectivity index (χ0) is 14.5. The van der Waals surface area contributed by atoms with Crippen molar-refractivity contribution >= 4 is 34.5 Å². The Balaban J connectivity index is 1.94. The van der Waals surface area contributed by atoms with Crippen molar-refractivity contribution in [2.24, 2.45) is 0 Å². The van der Waals surface area contributed by atoms with Crippen LogP contribution in [0.1, 0.15) is 21.5 Å². The fraction of sp³-hybridized carbons (Fsp3) is 0.188. The molecule has 0 heterocycles. The van der Waals surface area contributed by atoms with Crippen molar-refractivity contribution in [1.29, 1.82) is 0 Å². The molecule has 0 spiro atoms. The summed E-state index contributed by atoms with van der Waals surface area (Å²) in [5.41, 5.74) is 3.11. The summed E-state index contributed by atoms with van der Waals surface area (Å²) in [7, 11) is 0. The predicted molar refractivity (Wildman–Crippen MR) is 88.6 cm³/mol. The molecule has 1 N–H and O–H groups in total. The largest absolute Gasteiger partial charge is 0.352 e. The Morgan fingerprint density at radius 3 is 2.70 bits per heavy atom. The molecular weight excluding hydrogens is 334 g/mol. The average Bonchev–Trinajstić information content (AvgIpc) is 2.40. The molecule has 0 atom stereocenters. The molecule has 0 saturated heterocycles. The minimum atomic E-state index is -0.0870. The van der Waals surface area contributed by atoms with Gasteiger partial charge in [0.2, 0.25) is 0 Å². The maximum atomic E-state index is 12.1. The first-order valence-electron chi connectivity index (χ1n) is 6.39. The molecule has 0 aliphatic heterocycles. The standard InChI is InChI=1S/C16H16BrNOS/c1-11-4-2-3-5-12(11)8-9-18-16(19)14-7-6-13(17)10-15(14)20/h2-7,10,20H,8-9H2,1H3,(H,18,19). The number of hydrogen-bond acceptors (Lipinski definition) is 2. The van der Waals surface area contributed by atoms with Gasteiger partial charge in [0.05, 0.1) is 5.56 Å². The van der Waals surface area contributed by atoms with E-state index in [4.69, 9.17) is 0 Å². The average molecular weight is 350 g/mol. The van der Waals surface area contributed by atoms with E-state index < -0.39 is 0 Å². The monoisotopic (exact) mass is 349 g/mol. The highest BCUT2D eigenvalue weighted by Gasteiger charge is 2.09. The van der Waals surface area contributed by atoms with Gasteiger partial charge in [-0.1, -0.05) is 40.2 Å². The molecule has 2 aromatic carbocycles. The molecular formula is C16H16BrNOS. The minimum absolute atomic E-state index is 0.0870. The van der Waals surface area contributed by atoms with Gasteiger partial charge in [0.25, 0.3) is 5.91 Å². The third kappa shape index (κ3) is 3.87. The summed E-state index contributed by atoms with van der Waals surface area (Å²) in [5, 5.41) is 2.93. The number of benzene rings is 2. The van der Waals surface area contributed by atoms with Crippen LogP contribution in [0.25, 0.3) is 0 Å². The van der Waals surface area contributed by atoms with Crippen molar-refractivity contribution < 1.29 is 4.79 Å². The number of carbonyl (C=O) groups excluding carboxylic acids is 1. The van der Waals surface area contributed by atoms with Crippen molar-refractivity contribution in [3.05, 3.63) is 63.6 Å². The summed E-state index contributed by atoms with van der Waals surface area (Å²) in [6.45, 7) is 2.70. The zero-order valence-electron chi connectivity index (χ0n) is 11.2. The molecule has 0 aliphatic carbocycles. The van der Waals surface area contributed by atoms with Crippen LogP contribution in [-0.2, 0) is 6.42 Å². The van der Waals surface area contributed by atoms with Crippen molar-refractivity contribution in [2.75, 3.05) is 6.54 Å². The second kappa shape index (κ2) is 6.95. The summed E-state index contributed by atoms with van der Waals surface area (Å²) in [6.07, 6.45) is 0.830. The Bertz CT molecular complexity index is 628. The molecule has 4 heteroatoms. The van der Waals surface area contributed by atoms with Crippen molar-refractivity contribution in [3.8, 4) is 0 Å². The Labute approximate surface area is 133 Å². The maximum absolute atomic E-state index is 12.1. The quantitative estimate of drug-likeness (QED) is 0.802. The third-order valence-electron chi connectivity index (χ3n) is 3.15. The van der Waals surface area contributed by atoms with E-state index in [1.54, 1.807) is 6.07 Å². The Morgan fingerprint density at radius 1 is 1.25 bits per heavy atom. The van der Waals surface area contributed by atoms with Crippen LogP contribution in [0.4, 0.5) is 0 Å². The van der Waals surface area contributed by atoms with E-state index >= 15 is 0 Å². The topological polar surface area (TPSA) is 29.1 Å². The number of amides is 1. The lowest BCUT2D eigenvalue weighted by atomic mass is 10.1. The van der Waals surface area contributed by atoms with E-state index in [1.807, 2.05) is 24.3 Å². The van der Waals surface area contributed by atoms with Gasteiger partial charge >= 0.3 is 0 Å². The van der Waals surface area contributed by atoms with Crippen LogP contribution in [0.15, 0.2) is 51.8 Å². The van der Waals surface area contributed by atoms with Crippen LogP contribution in [0.5, 0.6) is 0 Å². The van der Waals surface area contributed by atoms with Gasteiger partial charge in [0.15, 0.2) is 0 Å². The number of nitrogens with one attached hydrogen (secondary N) is 1. The minimum Gasteiger partial charge on any atom is -0.352 e.